The number of carbonyl (C=O) groups excluding carboxylic acids is 1. The van der Waals surface area contributed by atoms with Crippen molar-refractivity contribution in [3.05, 3.63) is 89.1 Å². The number of nitrogens with one attached hydrogen (secondary N) is 2. The maximum atomic E-state index is 13.6. The molecule has 0 spiro atoms. The Bertz CT molecular complexity index is 1230. The lowest BCUT2D eigenvalue weighted by molar-refractivity contribution is -0.116. The van der Waals surface area contributed by atoms with Crippen molar-refractivity contribution in [1.82, 2.24) is 0 Å². The number of allylic oxidation sites excluding steroid dienone is 1. The van der Waals surface area contributed by atoms with Gasteiger partial charge in [0.2, 0.25) is 0 Å². The number of anilines is 2. The van der Waals surface area contributed by atoms with E-state index in [1.165, 1.54) is 7.11 Å². The van der Waals surface area contributed by atoms with E-state index < -0.39 is 0 Å². The van der Waals surface area contributed by atoms with E-state index in [1.807, 2.05) is 54.6 Å². The summed E-state index contributed by atoms with van der Waals surface area (Å²) in [5.74, 6) is 1.42. The van der Waals surface area contributed by atoms with Gasteiger partial charge in [-0.05, 0) is 59.9 Å². The van der Waals surface area contributed by atoms with E-state index in [-0.39, 0.29) is 23.5 Å². The van der Waals surface area contributed by atoms with Gasteiger partial charge in [0, 0.05) is 17.7 Å². The Kier molecular flexibility index (Phi) is 5.42. The van der Waals surface area contributed by atoms with Gasteiger partial charge >= 0.3 is 0 Å². The number of rotatable bonds is 4. The van der Waals surface area contributed by atoms with Gasteiger partial charge in [-0.1, -0.05) is 30.3 Å². The van der Waals surface area contributed by atoms with Gasteiger partial charge in [-0.3, -0.25) is 4.79 Å². The van der Waals surface area contributed by atoms with Gasteiger partial charge in [-0.2, -0.15) is 0 Å². The molecule has 6 heteroatoms. The normalized spacial score (nSPS) is 19.5. The predicted molar refractivity (Wildman–Crippen MR) is 128 cm³/mol. The molecule has 0 unspecified atom stereocenters. The van der Waals surface area contributed by atoms with Gasteiger partial charge in [0.25, 0.3) is 0 Å². The van der Waals surface area contributed by atoms with Crippen LogP contribution in [0, 0.1) is 0 Å². The highest BCUT2D eigenvalue weighted by Crippen LogP contribution is 2.45. The zero-order valence-corrected chi connectivity index (χ0v) is 18.6. The number of aromatic hydroxyl groups is 1. The van der Waals surface area contributed by atoms with E-state index in [0.29, 0.717) is 12.2 Å². The fourth-order valence-corrected chi connectivity index (χ4v) is 4.73. The van der Waals surface area contributed by atoms with Crippen LogP contribution in [-0.2, 0) is 4.79 Å². The number of ether oxygens (including phenoxy) is 2. The molecule has 6 nitrogen and oxygen atoms in total. The summed E-state index contributed by atoms with van der Waals surface area (Å²) in [6, 6.07) is 20.7. The maximum Gasteiger partial charge on any atom is 0.163 e. The number of ketones is 1. The molecule has 5 rings (SSSR count). The Morgan fingerprint density at radius 2 is 1.61 bits per heavy atom. The number of para-hydroxylation sites is 2. The Balaban J connectivity index is 1.59. The number of methoxy groups -OCH3 is 2. The second-order valence-electron chi connectivity index (χ2n) is 8.37. The van der Waals surface area contributed by atoms with Gasteiger partial charge in [-0.25, -0.2) is 0 Å². The number of Topliss-reactive ketones (excluding diaryl/α,β-unsaturated/α-hetero) is 1. The summed E-state index contributed by atoms with van der Waals surface area (Å²) in [6.45, 7) is 0. The molecule has 2 atom stereocenters. The summed E-state index contributed by atoms with van der Waals surface area (Å²) in [6.07, 6.45) is 1.14. The highest BCUT2D eigenvalue weighted by Gasteiger charge is 2.36. The number of phenols is 1. The zero-order valence-electron chi connectivity index (χ0n) is 18.6. The van der Waals surface area contributed by atoms with Crippen LogP contribution in [-0.4, -0.2) is 25.1 Å². The topological polar surface area (TPSA) is 79.8 Å². The highest BCUT2D eigenvalue weighted by atomic mass is 16.5. The molecule has 0 bridgehead atoms. The lowest BCUT2D eigenvalue weighted by Crippen LogP contribution is -2.26. The van der Waals surface area contributed by atoms with E-state index in [2.05, 4.69) is 10.6 Å². The molecule has 1 aliphatic carbocycles. The molecular formula is C27H26N2O4. The number of fused-ring (bicyclic) bond motifs is 1. The summed E-state index contributed by atoms with van der Waals surface area (Å²) in [5.41, 5.74) is 5.46. The largest absolute Gasteiger partial charge is 0.504 e. The third-order valence-electron chi connectivity index (χ3n) is 6.43. The van der Waals surface area contributed by atoms with Gasteiger partial charge in [0.05, 0.1) is 31.6 Å². The van der Waals surface area contributed by atoms with Crippen molar-refractivity contribution in [1.29, 1.82) is 0 Å². The molecule has 1 aliphatic heterocycles. The van der Waals surface area contributed by atoms with Crippen LogP contribution in [0.25, 0.3) is 0 Å². The first-order chi connectivity index (χ1) is 16.1. The van der Waals surface area contributed by atoms with Crippen LogP contribution < -0.4 is 20.1 Å². The lowest BCUT2D eigenvalue weighted by Gasteiger charge is -2.30. The molecular weight excluding hydrogens is 416 g/mol. The van der Waals surface area contributed by atoms with E-state index >= 15 is 0 Å². The number of phenolic OH excluding ortho intramolecular Hbond substituents is 1. The van der Waals surface area contributed by atoms with Crippen molar-refractivity contribution in [3.63, 3.8) is 0 Å². The van der Waals surface area contributed by atoms with Crippen LogP contribution in [0.4, 0.5) is 11.4 Å². The molecule has 0 amide bonds. The number of hydrogen-bond donors (Lipinski definition) is 3. The van der Waals surface area contributed by atoms with Crippen molar-refractivity contribution in [2.75, 3.05) is 24.9 Å². The summed E-state index contributed by atoms with van der Waals surface area (Å²) in [4.78, 5) is 13.6. The smallest absolute Gasteiger partial charge is 0.163 e. The highest BCUT2D eigenvalue weighted by molar-refractivity contribution is 6.01. The first kappa shape index (κ1) is 20.9. The van der Waals surface area contributed by atoms with Gasteiger partial charge in [0.15, 0.2) is 17.3 Å². The molecule has 168 valence electrons. The molecule has 0 aromatic heterocycles. The van der Waals surface area contributed by atoms with Gasteiger partial charge < -0.3 is 25.2 Å². The second-order valence-corrected chi connectivity index (χ2v) is 8.37. The molecule has 0 fully saturated rings. The fourth-order valence-electron chi connectivity index (χ4n) is 4.73. The van der Waals surface area contributed by atoms with E-state index in [9.17, 15) is 9.90 Å². The molecule has 2 aliphatic rings. The van der Waals surface area contributed by atoms with Crippen molar-refractivity contribution >= 4 is 17.2 Å². The van der Waals surface area contributed by atoms with E-state index in [1.54, 1.807) is 19.2 Å². The minimum Gasteiger partial charge on any atom is -0.504 e. The Morgan fingerprint density at radius 1 is 0.879 bits per heavy atom. The average Bonchev–Trinajstić information content (AvgIpc) is 3.01. The number of benzene rings is 3. The molecule has 3 aromatic carbocycles. The molecule has 3 N–H and O–H groups in total. The van der Waals surface area contributed by atoms with Gasteiger partial charge in [0.1, 0.15) is 5.75 Å². The second kappa shape index (κ2) is 8.54. The van der Waals surface area contributed by atoms with Crippen molar-refractivity contribution in [2.24, 2.45) is 0 Å². The molecule has 0 saturated carbocycles. The molecule has 33 heavy (non-hydrogen) atoms. The van der Waals surface area contributed by atoms with Crippen LogP contribution in [0.1, 0.15) is 35.9 Å². The average molecular weight is 443 g/mol. The van der Waals surface area contributed by atoms with Crippen LogP contribution in [0.15, 0.2) is 78.0 Å². The van der Waals surface area contributed by atoms with E-state index in [0.717, 1.165) is 45.9 Å². The minimum atomic E-state index is -0.366. The molecule has 0 radical (unpaired) electrons. The van der Waals surface area contributed by atoms with Crippen molar-refractivity contribution < 1.29 is 19.4 Å². The predicted octanol–water partition coefficient (Wildman–Crippen LogP) is 5.39. The van der Waals surface area contributed by atoms with Crippen molar-refractivity contribution in [2.45, 2.75) is 24.8 Å². The SMILES string of the molecule is COc1ccc([C@H]2CC(=O)C3=C(C2)Nc2ccccc2N[C@H]3c2ccc(O)c(OC)c2)cc1. The standard InChI is InChI=1S/C27H26N2O4/c1-32-19-10-7-16(8-11-19)18-13-22-26(24(31)14-18)27(17-9-12-23(30)25(15-17)33-2)29-21-6-4-3-5-20(21)28-22/h3-12,15,18,27-30H,13-14H2,1-2H3/t18-,27+/m1/s1. The first-order valence-electron chi connectivity index (χ1n) is 11.0. The van der Waals surface area contributed by atoms with Crippen LogP contribution in [0.2, 0.25) is 0 Å². The molecule has 0 saturated heterocycles. The first-order valence-corrected chi connectivity index (χ1v) is 11.0. The summed E-state index contributed by atoms with van der Waals surface area (Å²) < 4.78 is 10.6. The van der Waals surface area contributed by atoms with Crippen molar-refractivity contribution in [3.8, 4) is 17.2 Å². The fraction of sp³-hybridized carbons (Fsp3) is 0.222. The summed E-state index contributed by atoms with van der Waals surface area (Å²) in [5, 5.41) is 17.2. The maximum absolute atomic E-state index is 13.6. The lowest BCUT2D eigenvalue weighted by atomic mass is 9.78. The van der Waals surface area contributed by atoms with Gasteiger partial charge in [-0.15, -0.1) is 0 Å². The molecule has 1 heterocycles. The monoisotopic (exact) mass is 442 g/mol. The zero-order chi connectivity index (χ0) is 22.9. The van der Waals surface area contributed by atoms with Crippen LogP contribution in [0.5, 0.6) is 17.2 Å². The summed E-state index contributed by atoms with van der Waals surface area (Å²) in [7, 11) is 3.17. The third-order valence-corrected chi connectivity index (χ3v) is 6.43. The Hall–Kier alpha value is -3.93. The Labute approximate surface area is 192 Å². The van der Waals surface area contributed by atoms with E-state index in [4.69, 9.17) is 9.47 Å². The minimum absolute atomic E-state index is 0.0668. The van der Waals surface area contributed by atoms with Crippen LogP contribution in [0.3, 0.4) is 0 Å². The van der Waals surface area contributed by atoms with Crippen LogP contribution >= 0.6 is 0 Å². The number of carbonyl (C=O) groups is 1. The third kappa shape index (κ3) is 3.89. The Morgan fingerprint density at radius 3 is 2.33 bits per heavy atom. The summed E-state index contributed by atoms with van der Waals surface area (Å²) >= 11 is 0. The quantitative estimate of drug-likeness (QED) is 0.503. The molecule has 3 aromatic rings. The number of hydrogen-bond acceptors (Lipinski definition) is 6.